The molecule has 1 aromatic carbocycles. The van der Waals surface area contributed by atoms with Gasteiger partial charge in [-0.05, 0) is 23.8 Å². The van der Waals surface area contributed by atoms with Gasteiger partial charge in [-0.3, -0.25) is 14.6 Å². The first-order valence-electron chi connectivity index (χ1n) is 9.50. The van der Waals surface area contributed by atoms with Crippen molar-refractivity contribution in [2.24, 2.45) is 5.41 Å². The van der Waals surface area contributed by atoms with E-state index < -0.39 is 9.84 Å². The number of sulfone groups is 1. The Labute approximate surface area is 170 Å². The summed E-state index contributed by atoms with van der Waals surface area (Å²) in [6, 6.07) is 8.73. The van der Waals surface area contributed by atoms with Crippen LogP contribution in [0.25, 0.3) is 0 Å². The highest BCUT2D eigenvalue weighted by molar-refractivity contribution is 7.90. The molecule has 0 bridgehead atoms. The SMILES string of the molecule is CS(=O)(=O)c1ccc(CN2CCOC[C@]3(CC(=O)N(c4ccncn4)C3)C2)cc1. The Kier molecular flexibility index (Phi) is 5.37. The van der Waals surface area contributed by atoms with Gasteiger partial charge in [0.25, 0.3) is 0 Å². The van der Waals surface area contributed by atoms with Crippen LogP contribution < -0.4 is 4.90 Å². The van der Waals surface area contributed by atoms with Crippen LogP contribution in [-0.4, -0.2) is 68.3 Å². The second-order valence-corrected chi connectivity index (χ2v) is 9.92. The van der Waals surface area contributed by atoms with Crippen molar-refractivity contribution in [3.05, 3.63) is 48.4 Å². The first kappa shape index (κ1) is 19.9. The number of nitrogens with zero attached hydrogens (tertiary/aromatic N) is 4. The van der Waals surface area contributed by atoms with Gasteiger partial charge in [0, 0.05) is 50.5 Å². The fourth-order valence-electron chi connectivity index (χ4n) is 4.07. The van der Waals surface area contributed by atoms with Gasteiger partial charge in [-0.2, -0.15) is 0 Å². The molecule has 0 N–H and O–H groups in total. The summed E-state index contributed by atoms with van der Waals surface area (Å²) in [6.07, 6.45) is 4.71. The monoisotopic (exact) mass is 416 g/mol. The quantitative estimate of drug-likeness (QED) is 0.738. The second-order valence-electron chi connectivity index (χ2n) is 7.90. The maximum absolute atomic E-state index is 12.7. The number of ether oxygens (including phenoxy) is 1. The Morgan fingerprint density at radius 2 is 1.97 bits per heavy atom. The van der Waals surface area contributed by atoms with E-state index in [4.69, 9.17) is 4.74 Å². The molecule has 2 aliphatic rings. The van der Waals surface area contributed by atoms with Gasteiger partial charge in [-0.15, -0.1) is 0 Å². The van der Waals surface area contributed by atoms with Crippen LogP contribution in [0.15, 0.2) is 47.8 Å². The summed E-state index contributed by atoms with van der Waals surface area (Å²) in [5.41, 5.74) is 0.747. The number of anilines is 1. The number of rotatable bonds is 4. The number of carbonyl (C=O) groups excluding carboxylic acids is 1. The van der Waals surface area contributed by atoms with Crippen molar-refractivity contribution >= 4 is 21.6 Å². The highest BCUT2D eigenvalue weighted by Gasteiger charge is 2.46. The zero-order chi connectivity index (χ0) is 20.5. The van der Waals surface area contributed by atoms with E-state index in [2.05, 4.69) is 14.9 Å². The third kappa shape index (κ3) is 4.47. The van der Waals surface area contributed by atoms with Gasteiger partial charge in [-0.1, -0.05) is 12.1 Å². The van der Waals surface area contributed by atoms with E-state index in [1.807, 2.05) is 12.1 Å². The number of amides is 1. The van der Waals surface area contributed by atoms with E-state index in [-0.39, 0.29) is 11.3 Å². The van der Waals surface area contributed by atoms with E-state index >= 15 is 0 Å². The molecule has 1 amide bonds. The van der Waals surface area contributed by atoms with E-state index in [9.17, 15) is 13.2 Å². The predicted molar refractivity (Wildman–Crippen MR) is 107 cm³/mol. The molecule has 0 unspecified atom stereocenters. The van der Waals surface area contributed by atoms with E-state index in [1.54, 1.807) is 29.3 Å². The standard InChI is InChI=1S/C20H24N4O4S/c1-29(26,27)17-4-2-16(3-5-17)11-23-8-9-28-14-20(12-23)10-19(25)24(13-20)18-6-7-21-15-22-18/h2-7,15H,8-14H2,1H3/t20-/m1/s1. The minimum atomic E-state index is -3.20. The molecule has 2 aliphatic heterocycles. The van der Waals surface area contributed by atoms with Gasteiger partial charge in [-0.25, -0.2) is 18.4 Å². The van der Waals surface area contributed by atoms with Crippen molar-refractivity contribution in [3.63, 3.8) is 0 Å². The molecular weight excluding hydrogens is 392 g/mol. The summed E-state index contributed by atoms with van der Waals surface area (Å²) in [5, 5.41) is 0. The fourth-order valence-corrected chi connectivity index (χ4v) is 4.70. The normalized spacial score (nSPS) is 23.5. The van der Waals surface area contributed by atoms with E-state index in [1.165, 1.54) is 12.6 Å². The van der Waals surface area contributed by atoms with Crippen LogP contribution in [0.3, 0.4) is 0 Å². The summed E-state index contributed by atoms with van der Waals surface area (Å²) in [7, 11) is -3.20. The lowest BCUT2D eigenvalue weighted by Gasteiger charge is -2.31. The Balaban J connectivity index is 1.49. The van der Waals surface area contributed by atoms with Crippen LogP contribution in [0, 0.1) is 5.41 Å². The first-order chi connectivity index (χ1) is 13.8. The lowest BCUT2D eigenvalue weighted by molar-refractivity contribution is -0.118. The third-order valence-electron chi connectivity index (χ3n) is 5.44. The van der Waals surface area contributed by atoms with Crippen molar-refractivity contribution in [2.45, 2.75) is 17.9 Å². The summed E-state index contributed by atoms with van der Waals surface area (Å²) < 4.78 is 29.2. The van der Waals surface area contributed by atoms with Crippen LogP contribution in [0.2, 0.25) is 0 Å². The van der Waals surface area contributed by atoms with Gasteiger partial charge in [0.2, 0.25) is 5.91 Å². The Hall–Kier alpha value is -2.36. The molecule has 29 heavy (non-hydrogen) atoms. The van der Waals surface area contributed by atoms with Gasteiger partial charge in [0.15, 0.2) is 9.84 Å². The molecule has 0 aliphatic carbocycles. The average molecular weight is 417 g/mol. The Bertz CT molecular complexity index is 981. The Morgan fingerprint density at radius 1 is 1.17 bits per heavy atom. The summed E-state index contributed by atoms with van der Waals surface area (Å²) in [4.78, 5) is 25.1. The molecule has 1 spiro atoms. The molecule has 154 valence electrons. The largest absolute Gasteiger partial charge is 0.379 e. The lowest BCUT2D eigenvalue weighted by Crippen LogP contribution is -2.40. The van der Waals surface area contributed by atoms with Crippen molar-refractivity contribution in [2.75, 3.05) is 44.0 Å². The molecule has 1 aromatic heterocycles. The minimum absolute atomic E-state index is 0.0478. The topological polar surface area (TPSA) is 92.7 Å². The van der Waals surface area contributed by atoms with Crippen LogP contribution in [0.4, 0.5) is 5.82 Å². The third-order valence-corrected chi connectivity index (χ3v) is 6.57. The van der Waals surface area contributed by atoms with E-state index in [0.29, 0.717) is 43.4 Å². The molecular formula is C20H24N4O4S. The molecule has 0 radical (unpaired) electrons. The molecule has 3 heterocycles. The predicted octanol–water partition coefficient (Wildman–Crippen LogP) is 1.14. The van der Waals surface area contributed by atoms with E-state index in [0.717, 1.165) is 18.7 Å². The minimum Gasteiger partial charge on any atom is -0.379 e. The zero-order valence-electron chi connectivity index (χ0n) is 16.3. The summed E-state index contributed by atoms with van der Waals surface area (Å²) in [5.74, 6) is 0.667. The molecule has 2 saturated heterocycles. The number of aromatic nitrogens is 2. The molecule has 1 atom stereocenters. The van der Waals surface area contributed by atoms with Crippen LogP contribution in [0.1, 0.15) is 12.0 Å². The maximum Gasteiger partial charge on any atom is 0.228 e. The molecule has 2 aromatic rings. The summed E-state index contributed by atoms with van der Waals surface area (Å²) in [6.45, 7) is 3.86. The van der Waals surface area contributed by atoms with Gasteiger partial charge in [0.05, 0.1) is 18.1 Å². The van der Waals surface area contributed by atoms with Gasteiger partial charge < -0.3 is 4.74 Å². The van der Waals surface area contributed by atoms with Crippen molar-refractivity contribution in [3.8, 4) is 0 Å². The summed E-state index contributed by atoms with van der Waals surface area (Å²) >= 11 is 0. The van der Waals surface area contributed by atoms with Crippen molar-refractivity contribution < 1.29 is 17.9 Å². The maximum atomic E-state index is 12.7. The number of hydrogen-bond donors (Lipinski definition) is 0. The smallest absolute Gasteiger partial charge is 0.228 e. The fraction of sp³-hybridized carbons (Fsp3) is 0.450. The molecule has 4 rings (SSSR count). The van der Waals surface area contributed by atoms with Crippen LogP contribution in [-0.2, 0) is 25.9 Å². The highest BCUT2D eigenvalue weighted by atomic mass is 32.2. The van der Waals surface area contributed by atoms with Crippen LogP contribution in [0.5, 0.6) is 0 Å². The number of hydrogen-bond acceptors (Lipinski definition) is 7. The van der Waals surface area contributed by atoms with Gasteiger partial charge in [0.1, 0.15) is 12.1 Å². The first-order valence-corrected chi connectivity index (χ1v) is 11.4. The van der Waals surface area contributed by atoms with Gasteiger partial charge >= 0.3 is 0 Å². The number of benzene rings is 1. The van der Waals surface area contributed by atoms with Crippen LogP contribution >= 0.6 is 0 Å². The lowest BCUT2D eigenvalue weighted by atomic mass is 9.87. The van der Waals surface area contributed by atoms with Crippen molar-refractivity contribution in [1.82, 2.24) is 14.9 Å². The molecule has 9 heteroatoms. The zero-order valence-corrected chi connectivity index (χ0v) is 17.1. The highest BCUT2D eigenvalue weighted by Crippen LogP contribution is 2.36. The Morgan fingerprint density at radius 3 is 2.66 bits per heavy atom. The average Bonchev–Trinajstić information content (AvgIpc) is 2.88. The van der Waals surface area contributed by atoms with Crippen molar-refractivity contribution in [1.29, 1.82) is 0 Å². The molecule has 2 fully saturated rings. The number of carbonyl (C=O) groups is 1. The molecule has 8 nitrogen and oxygen atoms in total. The second kappa shape index (κ2) is 7.81. The molecule has 0 saturated carbocycles.